The molecular formula is C12H13N2OS+. The van der Waals surface area contributed by atoms with E-state index in [1.165, 1.54) is 4.90 Å². The molecule has 2 heterocycles. The van der Waals surface area contributed by atoms with Crippen molar-refractivity contribution in [2.75, 3.05) is 6.26 Å². The summed E-state index contributed by atoms with van der Waals surface area (Å²) in [6, 6.07) is 7.57. The first-order valence-electron chi connectivity index (χ1n) is 4.94. The fraction of sp³-hybridized carbons (Fsp3) is 0.167. The monoisotopic (exact) mass is 233 g/mol. The second kappa shape index (κ2) is 5.09. The van der Waals surface area contributed by atoms with E-state index in [1.54, 1.807) is 40.9 Å². The largest absolute Gasteiger partial charge is 0.333 e. The van der Waals surface area contributed by atoms with E-state index < -0.39 is 6.23 Å². The standard InChI is InChI=1S/C12H13N2OS/c1-16-11-4-8-14(9-5-11)12(15)10-2-6-13-7-3-10/h2-9,12,15H,1H3/q+1. The van der Waals surface area contributed by atoms with Crippen LogP contribution in [0.25, 0.3) is 0 Å². The van der Waals surface area contributed by atoms with E-state index in [1.807, 2.05) is 30.8 Å². The molecule has 3 nitrogen and oxygen atoms in total. The number of aliphatic hydroxyl groups is 1. The van der Waals surface area contributed by atoms with Gasteiger partial charge in [-0.25, -0.2) is 0 Å². The lowest BCUT2D eigenvalue weighted by Gasteiger charge is -2.05. The van der Waals surface area contributed by atoms with Crippen LogP contribution in [-0.4, -0.2) is 16.3 Å². The summed E-state index contributed by atoms with van der Waals surface area (Å²) in [5, 5.41) is 10.1. The molecule has 0 aliphatic carbocycles. The first-order valence-corrected chi connectivity index (χ1v) is 6.16. The molecule has 0 bridgehead atoms. The number of thioether (sulfide) groups is 1. The van der Waals surface area contributed by atoms with Crippen molar-refractivity contribution in [1.82, 2.24) is 4.98 Å². The highest BCUT2D eigenvalue weighted by Crippen LogP contribution is 2.12. The third-order valence-electron chi connectivity index (χ3n) is 2.34. The maximum Gasteiger partial charge on any atom is 0.287 e. The maximum atomic E-state index is 10.1. The zero-order chi connectivity index (χ0) is 11.4. The summed E-state index contributed by atoms with van der Waals surface area (Å²) in [5.41, 5.74) is 0.830. The van der Waals surface area contributed by atoms with Crippen molar-refractivity contribution in [1.29, 1.82) is 0 Å². The van der Waals surface area contributed by atoms with Gasteiger partial charge < -0.3 is 5.11 Å². The summed E-state index contributed by atoms with van der Waals surface area (Å²) in [6.07, 6.45) is 8.47. The molecule has 4 heteroatoms. The van der Waals surface area contributed by atoms with Crippen LogP contribution >= 0.6 is 11.8 Å². The lowest BCUT2D eigenvalue weighted by atomic mass is 10.2. The van der Waals surface area contributed by atoms with E-state index in [0.717, 1.165) is 5.56 Å². The van der Waals surface area contributed by atoms with Crippen LogP contribution in [0.5, 0.6) is 0 Å². The van der Waals surface area contributed by atoms with E-state index in [9.17, 15) is 5.11 Å². The molecule has 0 amide bonds. The summed E-state index contributed by atoms with van der Waals surface area (Å²) < 4.78 is 1.76. The molecule has 1 unspecified atom stereocenters. The highest BCUT2D eigenvalue weighted by Gasteiger charge is 2.16. The molecule has 0 aliphatic heterocycles. The maximum absolute atomic E-state index is 10.1. The second-order valence-corrected chi connectivity index (χ2v) is 4.22. The number of aliphatic hydroxyl groups excluding tert-OH is 1. The lowest BCUT2D eigenvalue weighted by molar-refractivity contribution is -0.749. The van der Waals surface area contributed by atoms with Crippen LogP contribution in [0.3, 0.4) is 0 Å². The molecule has 1 atom stereocenters. The Morgan fingerprint density at radius 1 is 1.19 bits per heavy atom. The van der Waals surface area contributed by atoms with Gasteiger partial charge in [0.05, 0.1) is 5.56 Å². The third-order valence-corrected chi connectivity index (χ3v) is 3.09. The topological polar surface area (TPSA) is 37.0 Å². The Hall–Kier alpha value is -1.39. The third kappa shape index (κ3) is 2.40. The molecule has 2 aromatic rings. The highest BCUT2D eigenvalue weighted by atomic mass is 32.2. The Kier molecular flexibility index (Phi) is 3.54. The number of pyridine rings is 2. The summed E-state index contributed by atoms with van der Waals surface area (Å²) in [6.45, 7) is 0. The van der Waals surface area contributed by atoms with Crippen molar-refractivity contribution in [3.63, 3.8) is 0 Å². The van der Waals surface area contributed by atoms with Crippen molar-refractivity contribution in [3.05, 3.63) is 54.6 Å². The molecule has 0 spiro atoms. The fourth-order valence-corrected chi connectivity index (χ4v) is 1.83. The molecule has 0 fully saturated rings. The summed E-state index contributed by atoms with van der Waals surface area (Å²) in [7, 11) is 0. The highest BCUT2D eigenvalue weighted by molar-refractivity contribution is 7.98. The van der Waals surface area contributed by atoms with Crippen molar-refractivity contribution in [3.8, 4) is 0 Å². The Bertz CT molecular complexity index is 444. The molecule has 82 valence electrons. The van der Waals surface area contributed by atoms with Gasteiger partial charge >= 0.3 is 0 Å². The van der Waals surface area contributed by atoms with Crippen LogP contribution in [0.15, 0.2) is 53.9 Å². The van der Waals surface area contributed by atoms with Gasteiger partial charge in [0.2, 0.25) is 0 Å². The Balaban J connectivity index is 2.24. The number of hydrogen-bond acceptors (Lipinski definition) is 3. The lowest BCUT2D eigenvalue weighted by Crippen LogP contribution is -2.39. The predicted octanol–water partition coefficient (Wildman–Crippen LogP) is 1.63. The molecule has 0 radical (unpaired) electrons. The molecular weight excluding hydrogens is 220 g/mol. The quantitative estimate of drug-likeness (QED) is 0.646. The van der Waals surface area contributed by atoms with Crippen LogP contribution in [0, 0.1) is 0 Å². The molecule has 0 aliphatic rings. The van der Waals surface area contributed by atoms with Gasteiger partial charge in [-0.3, -0.25) is 4.98 Å². The SMILES string of the molecule is CSc1cc[n+](C(O)c2ccncc2)cc1. The van der Waals surface area contributed by atoms with Crippen molar-refractivity contribution in [2.45, 2.75) is 11.1 Å². The number of rotatable bonds is 3. The predicted molar refractivity (Wildman–Crippen MR) is 63.0 cm³/mol. The molecule has 16 heavy (non-hydrogen) atoms. The first-order chi connectivity index (χ1) is 7.81. The van der Waals surface area contributed by atoms with Crippen LogP contribution in [0.1, 0.15) is 11.8 Å². The van der Waals surface area contributed by atoms with Crippen molar-refractivity contribution >= 4 is 11.8 Å². The van der Waals surface area contributed by atoms with E-state index >= 15 is 0 Å². The fourth-order valence-electron chi connectivity index (χ4n) is 1.43. The Morgan fingerprint density at radius 2 is 1.81 bits per heavy atom. The average molecular weight is 233 g/mol. The molecule has 2 aromatic heterocycles. The first kappa shape index (κ1) is 11.1. The van der Waals surface area contributed by atoms with Crippen LogP contribution in [0.2, 0.25) is 0 Å². The van der Waals surface area contributed by atoms with Crippen LogP contribution in [-0.2, 0) is 0 Å². The second-order valence-electron chi connectivity index (χ2n) is 3.34. The van der Waals surface area contributed by atoms with E-state index in [-0.39, 0.29) is 0 Å². The van der Waals surface area contributed by atoms with Gasteiger partial charge in [-0.1, -0.05) is 0 Å². The van der Waals surface area contributed by atoms with E-state index in [4.69, 9.17) is 0 Å². The van der Waals surface area contributed by atoms with Gasteiger partial charge in [0.15, 0.2) is 12.4 Å². The average Bonchev–Trinajstić information content (AvgIpc) is 2.39. The number of aromatic nitrogens is 2. The molecule has 0 saturated heterocycles. The van der Waals surface area contributed by atoms with Gasteiger partial charge in [-0.15, -0.1) is 11.8 Å². The summed E-state index contributed by atoms with van der Waals surface area (Å²) in [5.74, 6) is 0. The van der Waals surface area contributed by atoms with Gasteiger partial charge in [0.25, 0.3) is 6.23 Å². The number of hydrogen-bond donors (Lipinski definition) is 1. The van der Waals surface area contributed by atoms with E-state index in [2.05, 4.69) is 4.98 Å². The zero-order valence-corrected chi connectivity index (χ0v) is 9.76. The van der Waals surface area contributed by atoms with Crippen molar-refractivity contribution < 1.29 is 9.67 Å². The Labute approximate surface area is 98.8 Å². The van der Waals surface area contributed by atoms with Gasteiger partial charge in [0, 0.05) is 29.4 Å². The van der Waals surface area contributed by atoms with Gasteiger partial charge in [0.1, 0.15) is 0 Å². The van der Waals surface area contributed by atoms with E-state index in [0.29, 0.717) is 0 Å². The number of nitrogens with zero attached hydrogens (tertiary/aromatic N) is 2. The molecule has 1 N–H and O–H groups in total. The van der Waals surface area contributed by atoms with Crippen LogP contribution < -0.4 is 4.57 Å². The minimum atomic E-state index is -0.654. The normalized spacial score (nSPS) is 12.4. The molecule has 2 rings (SSSR count). The summed E-state index contributed by atoms with van der Waals surface area (Å²) in [4.78, 5) is 5.10. The minimum absolute atomic E-state index is 0.654. The van der Waals surface area contributed by atoms with Gasteiger partial charge in [-0.2, -0.15) is 4.57 Å². The minimum Gasteiger partial charge on any atom is -0.333 e. The summed E-state index contributed by atoms with van der Waals surface area (Å²) >= 11 is 1.68. The Morgan fingerprint density at radius 3 is 2.38 bits per heavy atom. The molecule has 0 saturated carbocycles. The molecule has 0 aromatic carbocycles. The zero-order valence-electron chi connectivity index (χ0n) is 8.95. The van der Waals surface area contributed by atoms with Crippen molar-refractivity contribution in [2.24, 2.45) is 0 Å². The smallest absolute Gasteiger partial charge is 0.287 e. The van der Waals surface area contributed by atoms with Crippen LogP contribution in [0.4, 0.5) is 0 Å². The van der Waals surface area contributed by atoms with Gasteiger partial charge in [-0.05, 0) is 18.4 Å².